The number of nitrogens with two attached hydrogens (primary N) is 2. The van der Waals surface area contributed by atoms with E-state index < -0.39 is 0 Å². The zero-order valence-corrected chi connectivity index (χ0v) is 9.39. The van der Waals surface area contributed by atoms with Gasteiger partial charge in [-0.3, -0.25) is 0 Å². The predicted molar refractivity (Wildman–Crippen MR) is 70.8 cm³/mol. The number of rotatable bonds is 5. The van der Waals surface area contributed by atoms with Crippen molar-refractivity contribution >= 4 is 5.69 Å². The maximum atomic E-state index is 5.67. The summed E-state index contributed by atoms with van der Waals surface area (Å²) in [5.74, 6) is 0. The van der Waals surface area contributed by atoms with Crippen molar-refractivity contribution < 1.29 is 0 Å². The van der Waals surface area contributed by atoms with Crippen LogP contribution in [0.25, 0.3) is 0 Å². The van der Waals surface area contributed by atoms with E-state index in [2.05, 4.69) is 12.7 Å². The summed E-state index contributed by atoms with van der Waals surface area (Å²) in [6.45, 7) is 3.58. The molecular formula is C14H18N2. The zero-order valence-electron chi connectivity index (χ0n) is 9.39. The van der Waals surface area contributed by atoms with Crippen LogP contribution in [0.15, 0.2) is 60.8 Å². The third-order valence-electron chi connectivity index (χ3n) is 2.20. The van der Waals surface area contributed by atoms with Crippen LogP contribution >= 0.6 is 0 Å². The summed E-state index contributed by atoms with van der Waals surface area (Å²) in [6, 6.07) is 7.94. The third kappa shape index (κ3) is 4.51. The fraction of sp³-hybridized carbons (Fsp3) is 0.143. The molecule has 0 bridgehead atoms. The molecule has 0 atom stereocenters. The quantitative estimate of drug-likeness (QED) is 0.585. The van der Waals surface area contributed by atoms with E-state index >= 15 is 0 Å². The molecule has 0 radical (unpaired) electrons. The number of hydrogen-bond acceptors (Lipinski definition) is 2. The first-order valence-electron chi connectivity index (χ1n) is 5.31. The first kappa shape index (κ1) is 12.1. The smallest absolute Gasteiger partial charge is 0.0314 e. The van der Waals surface area contributed by atoms with Gasteiger partial charge in [-0.1, -0.05) is 30.9 Å². The number of benzene rings is 1. The second kappa shape index (κ2) is 6.51. The average Bonchev–Trinajstić information content (AvgIpc) is 2.27. The van der Waals surface area contributed by atoms with Crippen LogP contribution in [-0.4, -0.2) is 0 Å². The molecule has 0 aromatic heterocycles. The maximum absolute atomic E-state index is 5.67. The van der Waals surface area contributed by atoms with Gasteiger partial charge in [0, 0.05) is 11.4 Å². The minimum Gasteiger partial charge on any atom is -0.399 e. The Morgan fingerprint density at radius 3 is 2.56 bits per heavy atom. The van der Waals surface area contributed by atoms with Crippen LogP contribution in [0.3, 0.4) is 0 Å². The van der Waals surface area contributed by atoms with E-state index in [0.717, 1.165) is 24.2 Å². The maximum Gasteiger partial charge on any atom is 0.0314 e. The molecule has 1 aromatic carbocycles. The molecule has 0 aliphatic heterocycles. The third-order valence-corrected chi connectivity index (χ3v) is 2.20. The average molecular weight is 214 g/mol. The number of nitrogen functional groups attached to an aromatic ring is 1. The van der Waals surface area contributed by atoms with Gasteiger partial charge in [-0.15, -0.1) is 0 Å². The van der Waals surface area contributed by atoms with E-state index in [0.29, 0.717) is 0 Å². The summed E-state index contributed by atoms with van der Waals surface area (Å²) in [5, 5.41) is 0. The second-order valence-corrected chi connectivity index (χ2v) is 3.58. The topological polar surface area (TPSA) is 52.0 Å². The molecule has 0 spiro atoms. The first-order chi connectivity index (χ1) is 7.72. The van der Waals surface area contributed by atoms with E-state index in [1.54, 1.807) is 12.2 Å². The Bertz CT molecular complexity index is 386. The molecule has 84 valence electrons. The van der Waals surface area contributed by atoms with Crippen LogP contribution in [0, 0.1) is 0 Å². The fourth-order valence-electron chi connectivity index (χ4n) is 1.35. The number of hydrogen-bond donors (Lipinski definition) is 2. The molecule has 0 amide bonds. The number of allylic oxidation sites excluding steroid dienone is 4. The minimum absolute atomic E-state index is 0.729. The van der Waals surface area contributed by atoms with Crippen LogP contribution < -0.4 is 11.5 Å². The lowest BCUT2D eigenvalue weighted by Crippen LogP contribution is -1.91. The van der Waals surface area contributed by atoms with E-state index in [4.69, 9.17) is 11.5 Å². The van der Waals surface area contributed by atoms with Gasteiger partial charge >= 0.3 is 0 Å². The Kier molecular flexibility index (Phi) is 4.93. The van der Waals surface area contributed by atoms with Gasteiger partial charge in [0.25, 0.3) is 0 Å². The largest absolute Gasteiger partial charge is 0.399 e. The summed E-state index contributed by atoms with van der Waals surface area (Å²) in [5.41, 5.74) is 14.1. The van der Waals surface area contributed by atoms with Crippen molar-refractivity contribution in [3.63, 3.8) is 0 Å². The molecule has 0 saturated heterocycles. The summed E-state index contributed by atoms with van der Waals surface area (Å²) >= 11 is 0. The molecular weight excluding hydrogens is 196 g/mol. The van der Waals surface area contributed by atoms with Crippen molar-refractivity contribution in [1.82, 2.24) is 0 Å². The Hall–Kier alpha value is -1.96. The summed E-state index contributed by atoms with van der Waals surface area (Å²) in [7, 11) is 0. The van der Waals surface area contributed by atoms with E-state index in [1.165, 1.54) is 5.56 Å². The molecule has 1 aromatic rings. The standard InChI is InChI=1S/C14H18N2/c1-2-5-13(15)7-4-3-6-12-8-10-14(16)11-9-12/h2,4-5,7-11H,1,3,6,15-16H2/b7-4-,13-5+. The highest BCUT2D eigenvalue weighted by Gasteiger charge is 1.90. The highest BCUT2D eigenvalue weighted by atomic mass is 14.5. The lowest BCUT2D eigenvalue weighted by Gasteiger charge is -1.98. The minimum atomic E-state index is 0.729. The van der Waals surface area contributed by atoms with Gasteiger partial charge in [0.15, 0.2) is 0 Å². The SMILES string of the molecule is C=C/C=C(N)\C=C/CCc1ccc(N)cc1. The Morgan fingerprint density at radius 1 is 1.25 bits per heavy atom. The van der Waals surface area contributed by atoms with Crippen LogP contribution in [-0.2, 0) is 6.42 Å². The van der Waals surface area contributed by atoms with Gasteiger partial charge in [0.05, 0.1) is 0 Å². The lowest BCUT2D eigenvalue weighted by molar-refractivity contribution is 1.000. The molecule has 1 rings (SSSR count). The lowest BCUT2D eigenvalue weighted by atomic mass is 10.1. The molecule has 0 unspecified atom stereocenters. The van der Waals surface area contributed by atoms with Crippen molar-refractivity contribution in [3.05, 3.63) is 66.4 Å². The van der Waals surface area contributed by atoms with Crippen molar-refractivity contribution in [2.45, 2.75) is 12.8 Å². The van der Waals surface area contributed by atoms with Crippen molar-refractivity contribution in [3.8, 4) is 0 Å². The first-order valence-corrected chi connectivity index (χ1v) is 5.31. The highest BCUT2D eigenvalue weighted by molar-refractivity contribution is 5.39. The Labute approximate surface area is 97.0 Å². The van der Waals surface area contributed by atoms with E-state index in [-0.39, 0.29) is 0 Å². The van der Waals surface area contributed by atoms with Gasteiger partial charge < -0.3 is 11.5 Å². The molecule has 0 aliphatic carbocycles. The molecule has 0 aliphatic rings. The summed E-state index contributed by atoms with van der Waals surface area (Å²) < 4.78 is 0. The van der Waals surface area contributed by atoms with Crippen LogP contribution in [0.1, 0.15) is 12.0 Å². The van der Waals surface area contributed by atoms with Crippen LogP contribution in [0.2, 0.25) is 0 Å². The summed E-state index contributed by atoms with van der Waals surface area (Å²) in [6.07, 6.45) is 9.39. The summed E-state index contributed by atoms with van der Waals surface area (Å²) in [4.78, 5) is 0. The van der Waals surface area contributed by atoms with Crippen LogP contribution in [0.5, 0.6) is 0 Å². The van der Waals surface area contributed by atoms with Gasteiger partial charge in [0.2, 0.25) is 0 Å². The Balaban J connectivity index is 2.38. The molecule has 0 heterocycles. The van der Waals surface area contributed by atoms with Gasteiger partial charge in [-0.05, 0) is 42.7 Å². The molecule has 4 N–H and O–H groups in total. The molecule has 2 heteroatoms. The second-order valence-electron chi connectivity index (χ2n) is 3.58. The van der Waals surface area contributed by atoms with Crippen LogP contribution in [0.4, 0.5) is 5.69 Å². The van der Waals surface area contributed by atoms with Crippen molar-refractivity contribution in [2.75, 3.05) is 5.73 Å². The predicted octanol–water partition coefficient (Wildman–Crippen LogP) is 2.79. The van der Waals surface area contributed by atoms with Crippen molar-refractivity contribution in [2.24, 2.45) is 5.73 Å². The number of aryl methyl sites for hydroxylation is 1. The monoisotopic (exact) mass is 214 g/mol. The fourth-order valence-corrected chi connectivity index (χ4v) is 1.35. The van der Waals surface area contributed by atoms with Gasteiger partial charge in [-0.25, -0.2) is 0 Å². The van der Waals surface area contributed by atoms with Gasteiger partial charge in [0.1, 0.15) is 0 Å². The molecule has 16 heavy (non-hydrogen) atoms. The molecule has 0 saturated carbocycles. The molecule has 0 fully saturated rings. The van der Waals surface area contributed by atoms with E-state index in [9.17, 15) is 0 Å². The number of anilines is 1. The Morgan fingerprint density at radius 2 is 1.94 bits per heavy atom. The van der Waals surface area contributed by atoms with E-state index in [1.807, 2.05) is 30.3 Å². The normalized spacial score (nSPS) is 11.9. The zero-order chi connectivity index (χ0) is 11.8. The van der Waals surface area contributed by atoms with Gasteiger partial charge in [-0.2, -0.15) is 0 Å². The highest BCUT2D eigenvalue weighted by Crippen LogP contribution is 2.08. The molecule has 2 nitrogen and oxygen atoms in total. The van der Waals surface area contributed by atoms with Crippen molar-refractivity contribution in [1.29, 1.82) is 0 Å².